The molecule has 0 N–H and O–H groups in total. The van der Waals surface area contributed by atoms with E-state index in [2.05, 4.69) is 41.9 Å². The fourth-order valence-electron chi connectivity index (χ4n) is 5.01. The number of carbonyl (C=O) groups is 2. The summed E-state index contributed by atoms with van der Waals surface area (Å²) >= 11 is 3.68. The zero-order valence-corrected chi connectivity index (χ0v) is 19.3. The lowest BCUT2D eigenvalue weighted by atomic mass is 9.77. The predicted octanol–water partition coefficient (Wildman–Crippen LogP) is 5.27. The molecule has 0 radical (unpaired) electrons. The van der Waals surface area contributed by atoms with E-state index in [1.165, 1.54) is 5.56 Å². The number of furan rings is 1. The molecule has 1 aromatic heterocycles. The molecule has 3 heterocycles. The van der Waals surface area contributed by atoms with Crippen molar-refractivity contribution in [2.45, 2.75) is 62.5 Å². The van der Waals surface area contributed by atoms with E-state index in [-0.39, 0.29) is 29.5 Å². The van der Waals surface area contributed by atoms with Gasteiger partial charge in [-0.25, -0.2) is 0 Å². The molecule has 1 fully saturated rings. The number of rotatable bonds is 4. The molecule has 3 aliphatic rings. The third kappa shape index (κ3) is 3.55. The summed E-state index contributed by atoms with van der Waals surface area (Å²) in [5.74, 6) is 0.962. The van der Waals surface area contributed by atoms with E-state index in [1.807, 2.05) is 24.3 Å². The van der Waals surface area contributed by atoms with E-state index in [9.17, 15) is 9.59 Å². The molecule has 2 aromatic rings. The van der Waals surface area contributed by atoms with Gasteiger partial charge >= 0.3 is 0 Å². The molecular formula is C25H26BrNO4. The minimum Gasteiger partial charge on any atom is -0.483 e. The summed E-state index contributed by atoms with van der Waals surface area (Å²) in [6.45, 7) is 4.59. The number of benzene rings is 1. The highest BCUT2D eigenvalue weighted by Crippen LogP contribution is 2.48. The number of ketones is 1. The lowest BCUT2D eigenvalue weighted by Gasteiger charge is -2.37. The summed E-state index contributed by atoms with van der Waals surface area (Å²) in [5, 5.41) is 0. The molecular weight excluding hydrogens is 458 g/mol. The number of hydrogen-bond donors (Lipinski definition) is 0. The maximum atomic E-state index is 13.7. The Bertz CT molecular complexity index is 1020. The Morgan fingerprint density at radius 1 is 1.13 bits per heavy atom. The molecule has 6 heteroatoms. The summed E-state index contributed by atoms with van der Waals surface area (Å²) in [7, 11) is 0. The number of alkyl halides is 1. The summed E-state index contributed by atoms with van der Waals surface area (Å²) < 4.78 is 11.7. The van der Waals surface area contributed by atoms with Crippen LogP contribution in [0.2, 0.25) is 0 Å². The molecule has 2 aliphatic heterocycles. The quantitative estimate of drug-likeness (QED) is 0.555. The average Bonchev–Trinajstić information content (AvgIpc) is 3.36. The van der Waals surface area contributed by atoms with Crippen LogP contribution in [0.15, 0.2) is 58.4 Å². The molecule has 0 spiro atoms. The highest BCUT2D eigenvalue weighted by molar-refractivity contribution is 9.09. The molecule has 1 aliphatic carbocycles. The Balaban J connectivity index is 1.57. The highest BCUT2D eigenvalue weighted by Gasteiger charge is 2.52. The zero-order chi connectivity index (χ0) is 21.7. The summed E-state index contributed by atoms with van der Waals surface area (Å²) in [6.07, 6.45) is 3.86. The van der Waals surface area contributed by atoms with Crippen molar-refractivity contribution in [3.63, 3.8) is 0 Å². The second-order valence-corrected chi connectivity index (χ2v) is 10.3. The first-order valence-corrected chi connectivity index (χ1v) is 11.9. The molecule has 4 atom stereocenters. The minimum atomic E-state index is -0.460. The SMILES string of the molecule is CC(C)c1ccc(C2C3=C(OC4CCC(Br)CC4C3=O)C(=O)N2Cc2ccco2)cc1. The third-order valence-electron chi connectivity index (χ3n) is 6.70. The molecule has 0 bridgehead atoms. The van der Waals surface area contributed by atoms with Gasteiger partial charge < -0.3 is 14.1 Å². The first kappa shape index (κ1) is 20.6. The first-order valence-electron chi connectivity index (χ1n) is 11.0. The van der Waals surface area contributed by atoms with Crippen LogP contribution in [0.1, 0.15) is 62.0 Å². The van der Waals surface area contributed by atoms with Crippen molar-refractivity contribution in [3.8, 4) is 0 Å². The summed E-state index contributed by atoms with van der Waals surface area (Å²) in [4.78, 5) is 29.2. The lowest BCUT2D eigenvalue weighted by Crippen LogP contribution is -2.41. The van der Waals surface area contributed by atoms with Crippen molar-refractivity contribution >= 4 is 27.6 Å². The van der Waals surface area contributed by atoms with Crippen LogP contribution in [0.25, 0.3) is 0 Å². The Hall–Kier alpha value is -2.34. The van der Waals surface area contributed by atoms with Crippen molar-refractivity contribution in [2.75, 3.05) is 0 Å². The van der Waals surface area contributed by atoms with Gasteiger partial charge in [0.15, 0.2) is 11.5 Å². The number of halogens is 1. The van der Waals surface area contributed by atoms with Gasteiger partial charge in [-0.05, 0) is 48.4 Å². The Morgan fingerprint density at radius 3 is 2.58 bits per heavy atom. The number of fused-ring (bicyclic) bond motifs is 1. The van der Waals surface area contributed by atoms with Crippen LogP contribution in [0, 0.1) is 5.92 Å². The average molecular weight is 484 g/mol. The fraction of sp³-hybridized carbons (Fsp3) is 0.440. The highest BCUT2D eigenvalue weighted by atomic mass is 79.9. The third-order valence-corrected chi connectivity index (χ3v) is 7.54. The maximum Gasteiger partial charge on any atom is 0.290 e. The topological polar surface area (TPSA) is 59.8 Å². The standard InChI is InChI=1S/C25H26BrNO4/c1-14(2)15-5-7-16(8-6-15)22-21-23(28)19-12-17(26)9-10-20(19)31-24(21)25(29)27(22)13-18-4-3-11-30-18/h3-8,11,14,17,19-20,22H,9-10,12-13H2,1-2H3. The number of carbonyl (C=O) groups excluding carboxylic acids is 2. The van der Waals surface area contributed by atoms with Crippen LogP contribution in [-0.4, -0.2) is 27.5 Å². The van der Waals surface area contributed by atoms with Gasteiger partial charge in [0.1, 0.15) is 11.9 Å². The molecule has 5 rings (SSSR count). The predicted molar refractivity (Wildman–Crippen MR) is 119 cm³/mol. The Kier molecular flexibility index (Phi) is 5.29. The number of ether oxygens (including phenoxy) is 1. The van der Waals surface area contributed by atoms with E-state index in [0.29, 0.717) is 28.6 Å². The van der Waals surface area contributed by atoms with Crippen LogP contribution in [-0.2, 0) is 20.9 Å². The van der Waals surface area contributed by atoms with Gasteiger partial charge in [0, 0.05) is 4.83 Å². The van der Waals surface area contributed by atoms with Crippen LogP contribution in [0.5, 0.6) is 0 Å². The van der Waals surface area contributed by atoms with Crippen molar-refractivity contribution in [2.24, 2.45) is 5.92 Å². The van der Waals surface area contributed by atoms with Crippen LogP contribution in [0.4, 0.5) is 0 Å². The van der Waals surface area contributed by atoms with Crippen molar-refractivity contribution < 1.29 is 18.7 Å². The molecule has 162 valence electrons. The van der Waals surface area contributed by atoms with Crippen LogP contribution >= 0.6 is 15.9 Å². The van der Waals surface area contributed by atoms with Crippen molar-refractivity contribution in [1.29, 1.82) is 0 Å². The lowest BCUT2D eigenvalue weighted by molar-refractivity contribution is -0.135. The first-order chi connectivity index (χ1) is 14.9. The van der Waals surface area contributed by atoms with Crippen LogP contribution < -0.4 is 0 Å². The smallest absolute Gasteiger partial charge is 0.290 e. The normalized spacial score (nSPS) is 28.1. The molecule has 31 heavy (non-hydrogen) atoms. The van der Waals surface area contributed by atoms with Gasteiger partial charge in [-0.2, -0.15) is 0 Å². The largest absolute Gasteiger partial charge is 0.483 e. The van der Waals surface area contributed by atoms with Gasteiger partial charge in [0.2, 0.25) is 0 Å². The molecule has 1 aromatic carbocycles. The zero-order valence-electron chi connectivity index (χ0n) is 17.7. The van der Waals surface area contributed by atoms with Gasteiger partial charge in [0.05, 0.1) is 30.3 Å². The summed E-state index contributed by atoms with van der Waals surface area (Å²) in [6, 6.07) is 11.4. The second-order valence-electron chi connectivity index (χ2n) is 9.02. The van der Waals surface area contributed by atoms with E-state index in [4.69, 9.17) is 9.15 Å². The molecule has 0 saturated heterocycles. The van der Waals surface area contributed by atoms with Crippen molar-refractivity contribution in [3.05, 3.63) is 70.9 Å². The monoisotopic (exact) mass is 483 g/mol. The number of hydrogen-bond acceptors (Lipinski definition) is 4. The summed E-state index contributed by atoms with van der Waals surface area (Å²) in [5.41, 5.74) is 2.66. The maximum absolute atomic E-state index is 13.7. The molecule has 1 saturated carbocycles. The van der Waals surface area contributed by atoms with Gasteiger partial charge in [-0.3, -0.25) is 9.59 Å². The van der Waals surface area contributed by atoms with E-state index >= 15 is 0 Å². The Labute approximate surface area is 190 Å². The second kappa shape index (κ2) is 7.97. The van der Waals surface area contributed by atoms with E-state index in [1.54, 1.807) is 11.2 Å². The van der Waals surface area contributed by atoms with Crippen LogP contribution in [0.3, 0.4) is 0 Å². The van der Waals surface area contributed by atoms with E-state index in [0.717, 1.165) is 24.8 Å². The number of Topliss-reactive ketones (excluding diaryl/α,β-unsaturated/α-hetero) is 1. The Morgan fingerprint density at radius 2 is 1.90 bits per heavy atom. The number of amides is 1. The van der Waals surface area contributed by atoms with Gasteiger partial charge in [0.25, 0.3) is 5.91 Å². The fourth-order valence-corrected chi connectivity index (χ4v) is 5.67. The van der Waals surface area contributed by atoms with Gasteiger partial charge in [-0.1, -0.05) is 54.0 Å². The van der Waals surface area contributed by atoms with E-state index < -0.39 is 6.04 Å². The molecule has 1 amide bonds. The minimum absolute atomic E-state index is 0.0589. The van der Waals surface area contributed by atoms with Crippen molar-refractivity contribution in [1.82, 2.24) is 4.90 Å². The number of nitrogens with zero attached hydrogens (tertiary/aromatic N) is 1. The molecule has 4 unspecified atom stereocenters. The van der Waals surface area contributed by atoms with Gasteiger partial charge in [-0.15, -0.1) is 0 Å². The molecule has 5 nitrogen and oxygen atoms in total.